The summed E-state index contributed by atoms with van der Waals surface area (Å²) >= 11 is 0. The van der Waals surface area contributed by atoms with Crippen molar-refractivity contribution in [3.63, 3.8) is 0 Å². The van der Waals surface area contributed by atoms with E-state index in [9.17, 15) is 0 Å². The second-order valence-electron chi connectivity index (χ2n) is 5.31. The number of unbranched alkanes of at least 4 members (excludes halogenated alkanes) is 1. The van der Waals surface area contributed by atoms with Crippen molar-refractivity contribution in [3.05, 3.63) is 0 Å². The van der Waals surface area contributed by atoms with Crippen LogP contribution in [0.3, 0.4) is 0 Å². The van der Waals surface area contributed by atoms with Gasteiger partial charge in [-0.05, 0) is 45.3 Å². The monoisotopic (exact) mass is 256 g/mol. The lowest BCUT2D eigenvalue weighted by Crippen LogP contribution is -2.50. The fraction of sp³-hybridized carbons (Fsp3) is 1.00. The molecular formula is C16H36N2. The van der Waals surface area contributed by atoms with Crippen molar-refractivity contribution in [2.45, 2.75) is 85.2 Å². The number of nitrogens with zero attached hydrogens (tertiary/aromatic N) is 1. The van der Waals surface area contributed by atoms with Crippen LogP contribution in [0.25, 0.3) is 0 Å². The normalized spacial score (nSPS) is 15.0. The molecule has 0 aromatic carbocycles. The summed E-state index contributed by atoms with van der Waals surface area (Å²) in [4.78, 5) is 2.69. The zero-order valence-corrected chi connectivity index (χ0v) is 13.5. The van der Waals surface area contributed by atoms with Gasteiger partial charge in [0.05, 0.1) is 0 Å². The predicted octanol–water partition coefficient (Wildman–Crippen LogP) is 4.06. The van der Waals surface area contributed by atoms with Crippen molar-refractivity contribution in [2.75, 3.05) is 19.6 Å². The second-order valence-corrected chi connectivity index (χ2v) is 5.31. The van der Waals surface area contributed by atoms with Gasteiger partial charge in [0.2, 0.25) is 0 Å². The van der Waals surface area contributed by atoms with Crippen LogP contribution in [0.1, 0.15) is 73.1 Å². The molecule has 0 amide bonds. The summed E-state index contributed by atoms with van der Waals surface area (Å²) < 4.78 is 0. The third kappa shape index (κ3) is 6.75. The standard InChI is InChI=1S/C16H36N2/c1-6-11-14-18(10-5)16(9-4)15(12-7-2)17-13-8-3/h15-17H,6-14H2,1-5H3. The molecule has 2 nitrogen and oxygen atoms in total. The van der Waals surface area contributed by atoms with Crippen LogP contribution >= 0.6 is 0 Å². The first-order valence-electron chi connectivity index (χ1n) is 8.22. The molecule has 0 aliphatic carbocycles. The molecule has 0 aliphatic rings. The molecule has 0 aromatic rings. The first kappa shape index (κ1) is 17.9. The van der Waals surface area contributed by atoms with E-state index in [1.807, 2.05) is 0 Å². The van der Waals surface area contributed by atoms with E-state index in [2.05, 4.69) is 44.8 Å². The number of hydrogen-bond acceptors (Lipinski definition) is 2. The number of likely N-dealkylation sites (N-methyl/N-ethyl adjacent to an activating group) is 1. The van der Waals surface area contributed by atoms with E-state index in [0.717, 1.165) is 6.54 Å². The van der Waals surface area contributed by atoms with Crippen molar-refractivity contribution in [1.82, 2.24) is 10.2 Å². The highest BCUT2D eigenvalue weighted by Crippen LogP contribution is 2.14. The Hall–Kier alpha value is -0.0800. The molecule has 110 valence electrons. The molecule has 2 unspecified atom stereocenters. The van der Waals surface area contributed by atoms with Gasteiger partial charge in [-0.1, -0.05) is 47.5 Å². The van der Waals surface area contributed by atoms with Gasteiger partial charge in [0, 0.05) is 12.1 Å². The molecule has 0 aliphatic heterocycles. The smallest absolute Gasteiger partial charge is 0.0246 e. The summed E-state index contributed by atoms with van der Waals surface area (Å²) in [5.74, 6) is 0. The van der Waals surface area contributed by atoms with Crippen LogP contribution < -0.4 is 5.32 Å². The maximum atomic E-state index is 3.77. The molecule has 0 aromatic heterocycles. The van der Waals surface area contributed by atoms with Crippen LogP contribution in [0, 0.1) is 0 Å². The largest absolute Gasteiger partial charge is 0.312 e. The number of rotatable bonds is 12. The summed E-state index contributed by atoms with van der Waals surface area (Å²) in [5, 5.41) is 3.77. The van der Waals surface area contributed by atoms with Gasteiger partial charge in [0.25, 0.3) is 0 Å². The summed E-state index contributed by atoms with van der Waals surface area (Å²) in [6, 6.07) is 1.39. The molecule has 0 fully saturated rings. The maximum Gasteiger partial charge on any atom is 0.0246 e. The van der Waals surface area contributed by atoms with Crippen molar-refractivity contribution in [1.29, 1.82) is 0 Å². The molecule has 2 atom stereocenters. The predicted molar refractivity (Wildman–Crippen MR) is 83.2 cm³/mol. The average molecular weight is 256 g/mol. The van der Waals surface area contributed by atoms with Gasteiger partial charge in [-0.2, -0.15) is 0 Å². The molecular weight excluding hydrogens is 220 g/mol. The Morgan fingerprint density at radius 2 is 1.67 bits per heavy atom. The lowest BCUT2D eigenvalue weighted by atomic mass is 9.98. The highest BCUT2D eigenvalue weighted by atomic mass is 15.2. The topological polar surface area (TPSA) is 15.3 Å². The third-order valence-electron chi connectivity index (χ3n) is 3.81. The minimum absolute atomic E-state index is 0.678. The SMILES string of the molecule is CCCCN(CC)C(CC)C(CCC)NCCC. The van der Waals surface area contributed by atoms with Crippen molar-refractivity contribution < 1.29 is 0 Å². The van der Waals surface area contributed by atoms with E-state index in [-0.39, 0.29) is 0 Å². The first-order valence-corrected chi connectivity index (χ1v) is 8.22. The molecule has 2 heteroatoms. The molecule has 1 N–H and O–H groups in total. The van der Waals surface area contributed by atoms with Crippen molar-refractivity contribution in [2.24, 2.45) is 0 Å². The van der Waals surface area contributed by atoms with E-state index in [1.165, 1.54) is 51.6 Å². The molecule has 0 rings (SSSR count). The third-order valence-corrected chi connectivity index (χ3v) is 3.81. The first-order chi connectivity index (χ1) is 8.74. The van der Waals surface area contributed by atoms with Crippen LogP contribution in [0.15, 0.2) is 0 Å². The van der Waals surface area contributed by atoms with Crippen LogP contribution in [0.2, 0.25) is 0 Å². The molecule has 0 radical (unpaired) electrons. The minimum Gasteiger partial charge on any atom is -0.312 e. The lowest BCUT2D eigenvalue weighted by molar-refractivity contribution is 0.151. The fourth-order valence-corrected chi connectivity index (χ4v) is 2.79. The summed E-state index contributed by atoms with van der Waals surface area (Å²) in [5.41, 5.74) is 0. The van der Waals surface area contributed by atoms with E-state index in [0.29, 0.717) is 12.1 Å². The number of hydrogen-bond donors (Lipinski definition) is 1. The number of nitrogens with one attached hydrogen (secondary N) is 1. The summed E-state index contributed by atoms with van der Waals surface area (Å²) in [7, 11) is 0. The molecule has 0 spiro atoms. The Labute approximate surface area is 116 Å². The Bertz CT molecular complexity index is 170. The zero-order chi connectivity index (χ0) is 13.8. The maximum absolute atomic E-state index is 3.77. The second kappa shape index (κ2) is 12.0. The lowest BCUT2D eigenvalue weighted by Gasteiger charge is -2.36. The van der Waals surface area contributed by atoms with E-state index in [4.69, 9.17) is 0 Å². The molecule has 18 heavy (non-hydrogen) atoms. The molecule has 0 saturated carbocycles. The van der Waals surface area contributed by atoms with Gasteiger partial charge < -0.3 is 5.32 Å². The van der Waals surface area contributed by atoms with Gasteiger partial charge >= 0.3 is 0 Å². The fourth-order valence-electron chi connectivity index (χ4n) is 2.79. The van der Waals surface area contributed by atoms with Crippen LogP contribution in [-0.4, -0.2) is 36.6 Å². The quantitative estimate of drug-likeness (QED) is 0.566. The summed E-state index contributed by atoms with van der Waals surface area (Å²) in [6.45, 7) is 15.1. The molecule has 0 saturated heterocycles. The van der Waals surface area contributed by atoms with Crippen LogP contribution in [0.5, 0.6) is 0 Å². The van der Waals surface area contributed by atoms with Crippen molar-refractivity contribution in [3.8, 4) is 0 Å². The van der Waals surface area contributed by atoms with E-state index < -0.39 is 0 Å². The van der Waals surface area contributed by atoms with Gasteiger partial charge in [0.15, 0.2) is 0 Å². The molecule has 0 bridgehead atoms. The Kier molecular flexibility index (Phi) is 11.9. The van der Waals surface area contributed by atoms with Crippen molar-refractivity contribution >= 4 is 0 Å². The minimum atomic E-state index is 0.678. The van der Waals surface area contributed by atoms with Gasteiger partial charge in [-0.25, -0.2) is 0 Å². The van der Waals surface area contributed by atoms with Gasteiger partial charge in [-0.3, -0.25) is 4.90 Å². The van der Waals surface area contributed by atoms with Gasteiger partial charge in [-0.15, -0.1) is 0 Å². The average Bonchev–Trinajstić information content (AvgIpc) is 2.40. The van der Waals surface area contributed by atoms with Gasteiger partial charge in [0.1, 0.15) is 0 Å². The zero-order valence-electron chi connectivity index (χ0n) is 13.5. The Balaban J connectivity index is 4.50. The van der Waals surface area contributed by atoms with Crippen LogP contribution in [0.4, 0.5) is 0 Å². The van der Waals surface area contributed by atoms with E-state index >= 15 is 0 Å². The molecule has 0 heterocycles. The van der Waals surface area contributed by atoms with E-state index in [1.54, 1.807) is 0 Å². The Morgan fingerprint density at radius 3 is 2.11 bits per heavy atom. The highest BCUT2D eigenvalue weighted by molar-refractivity contribution is 4.83. The summed E-state index contributed by atoms with van der Waals surface area (Å²) in [6.07, 6.45) is 7.71. The van der Waals surface area contributed by atoms with Crippen LogP contribution in [-0.2, 0) is 0 Å². The Morgan fingerprint density at radius 1 is 0.944 bits per heavy atom. The highest BCUT2D eigenvalue weighted by Gasteiger charge is 2.23.